The molecule has 0 bridgehead atoms. The molecule has 4 aromatic rings. The Morgan fingerprint density at radius 2 is 0.889 bits per heavy atom. The van der Waals surface area contributed by atoms with E-state index in [0.717, 1.165) is 22.3 Å². The Labute approximate surface area is 169 Å². The van der Waals surface area contributed by atoms with Crippen LogP contribution < -0.4 is 0 Å². The van der Waals surface area contributed by atoms with Crippen LogP contribution in [0.1, 0.15) is 16.7 Å². The van der Waals surface area contributed by atoms with Crippen molar-refractivity contribution in [3.8, 4) is 11.1 Å². The van der Waals surface area contributed by atoms with Crippen LogP contribution in [0.2, 0.25) is 0 Å². The van der Waals surface area contributed by atoms with Gasteiger partial charge in [0.2, 0.25) is 0 Å². The van der Waals surface area contributed by atoms with Gasteiger partial charge in [0.05, 0.1) is 0 Å². The third-order valence-electron chi connectivity index (χ3n) is 4.73. The maximum atomic E-state index is 7.47. The smallest absolute Gasteiger partial charge is 0.120 e. The second-order valence-electron chi connectivity index (χ2n) is 6.30. The molecule has 1 unspecified atom stereocenters. The summed E-state index contributed by atoms with van der Waals surface area (Å²) in [7, 11) is 0. The first-order valence-electron chi connectivity index (χ1n) is 8.75. The van der Waals surface area contributed by atoms with E-state index in [4.69, 9.17) is 11.6 Å². The van der Waals surface area contributed by atoms with Crippen LogP contribution in [0.3, 0.4) is 0 Å². The van der Waals surface area contributed by atoms with E-state index in [-0.39, 0.29) is 9.90 Å². The normalized spacial score (nSPS) is 10.9. The minimum absolute atomic E-state index is 0. The monoisotopic (exact) mass is 388 g/mol. The quantitative estimate of drug-likeness (QED) is 0.202. The molecule has 0 aliphatic heterocycles. The maximum Gasteiger partial charge on any atom is 0.120 e. The zero-order valence-corrected chi connectivity index (χ0v) is 17.2. The molecule has 4 aromatic carbocycles. The summed E-state index contributed by atoms with van der Waals surface area (Å²) in [6, 6.07) is 39.4. The molecule has 4 rings (SSSR count). The van der Waals surface area contributed by atoms with Gasteiger partial charge in [0, 0.05) is 0 Å². The van der Waals surface area contributed by atoms with E-state index in [1.807, 2.05) is 42.5 Å². The fraction of sp³-hybridized carbons (Fsp3) is 0.0400. The molecule has 0 aliphatic rings. The summed E-state index contributed by atoms with van der Waals surface area (Å²) < 4.78 is 0. The van der Waals surface area contributed by atoms with Crippen molar-refractivity contribution in [3.05, 3.63) is 132 Å². The van der Waals surface area contributed by atoms with E-state index < -0.39 is 4.87 Å². The number of hydrogen-bond acceptors (Lipinski definition) is 0. The molecule has 0 fully saturated rings. The molecule has 0 amide bonds. The molecule has 134 valence electrons. The van der Waals surface area contributed by atoms with Gasteiger partial charge in [-0.05, 0) is 27.8 Å². The summed E-state index contributed by atoms with van der Waals surface area (Å²) in [6.45, 7) is 0. The highest BCUT2D eigenvalue weighted by atomic mass is 35.5. The highest BCUT2D eigenvalue weighted by Crippen LogP contribution is 2.46. The van der Waals surface area contributed by atoms with Crippen LogP contribution in [0.15, 0.2) is 115 Å². The lowest BCUT2D eigenvalue weighted by Gasteiger charge is -2.31. The lowest BCUT2D eigenvalue weighted by Crippen LogP contribution is -2.23. The zero-order valence-electron chi connectivity index (χ0n) is 15.1. The van der Waals surface area contributed by atoms with Gasteiger partial charge in [0.25, 0.3) is 0 Å². The zero-order chi connectivity index (χ0) is 17.8. The Kier molecular flexibility index (Phi) is 6.11. The number of benzene rings is 4. The Morgan fingerprint density at radius 3 is 1.41 bits per heavy atom. The van der Waals surface area contributed by atoms with Crippen molar-refractivity contribution in [2.24, 2.45) is 0 Å². The molecule has 0 radical (unpaired) electrons. The van der Waals surface area contributed by atoms with Gasteiger partial charge in [-0.15, -0.1) is 11.6 Å². The van der Waals surface area contributed by atoms with E-state index in [9.17, 15) is 0 Å². The van der Waals surface area contributed by atoms with Crippen LogP contribution in [-0.4, -0.2) is 0 Å². The van der Waals surface area contributed by atoms with E-state index in [1.54, 1.807) is 0 Å². The molecule has 0 saturated carbocycles. The van der Waals surface area contributed by atoms with Gasteiger partial charge in [-0.3, -0.25) is 0 Å². The second-order valence-corrected chi connectivity index (χ2v) is 6.87. The minimum Gasteiger partial charge on any atom is -0.153 e. The average Bonchev–Trinajstić information content (AvgIpc) is 2.75. The lowest BCUT2D eigenvalue weighted by molar-refractivity contribution is 0.882. The topological polar surface area (TPSA) is 0 Å². The molecule has 27 heavy (non-hydrogen) atoms. The Morgan fingerprint density at radius 1 is 0.481 bits per heavy atom. The molecule has 0 spiro atoms. The first kappa shape index (κ1) is 19.4. The molecule has 0 saturated heterocycles. The summed E-state index contributed by atoms with van der Waals surface area (Å²) in [5.41, 5.74) is 5.54. The van der Waals surface area contributed by atoms with E-state index >= 15 is 0 Å². The lowest BCUT2D eigenvalue weighted by atomic mass is 9.80. The molecule has 0 heterocycles. The molecule has 0 aliphatic carbocycles. The SMILES string of the molecule is ClC(c1ccccc1)(c1ccccc1)c1ccccc1-c1ccccc1.P. The van der Waals surface area contributed by atoms with Crippen molar-refractivity contribution in [1.82, 2.24) is 0 Å². The highest BCUT2D eigenvalue weighted by Gasteiger charge is 2.35. The van der Waals surface area contributed by atoms with E-state index in [0.29, 0.717) is 0 Å². The maximum absolute atomic E-state index is 7.47. The van der Waals surface area contributed by atoms with Crippen LogP contribution in [0.4, 0.5) is 0 Å². The average molecular weight is 389 g/mol. The van der Waals surface area contributed by atoms with Gasteiger partial charge >= 0.3 is 0 Å². The van der Waals surface area contributed by atoms with Crippen LogP contribution in [0.25, 0.3) is 11.1 Å². The van der Waals surface area contributed by atoms with Crippen molar-refractivity contribution >= 4 is 21.5 Å². The van der Waals surface area contributed by atoms with E-state index in [2.05, 4.69) is 72.8 Å². The highest BCUT2D eigenvalue weighted by molar-refractivity contribution is 6.92. The van der Waals surface area contributed by atoms with Crippen molar-refractivity contribution in [2.75, 3.05) is 0 Å². The van der Waals surface area contributed by atoms with Gasteiger partial charge < -0.3 is 0 Å². The predicted molar refractivity (Wildman–Crippen MR) is 122 cm³/mol. The van der Waals surface area contributed by atoms with Gasteiger partial charge in [-0.1, -0.05) is 115 Å². The van der Waals surface area contributed by atoms with Crippen molar-refractivity contribution < 1.29 is 0 Å². The third-order valence-corrected chi connectivity index (χ3v) is 5.37. The fourth-order valence-electron chi connectivity index (χ4n) is 3.47. The number of alkyl halides is 1. The molecule has 1 atom stereocenters. The minimum atomic E-state index is -0.755. The first-order chi connectivity index (χ1) is 12.8. The Balaban J connectivity index is 0.00000210. The Bertz CT molecular complexity index is 943. The van der Waals surface area contributed by atoms with E-state index in [1.165, 1.54) is 5.56 Å². The summed E-state index contributed by atoms with van der Waals surface area (Å²) in [5.74, 6) is 0. The van der Waals surface area contributed by atoms with Crippen LogP contribution in [0, 0.1) is 0 Å². The molecule has 0 N–H and O–H groups in total. The standard InChI is InChI=1S/C25H19Cl.H3P/c26-25(21-14-6-2-7-15-21,22-16-8-3-9-17-22)24-19-11-10-18-23(24)20-12-4-1-5-13-20;/h1-19H;1H3. The largest absolute Gasteiger partial charge is 0.153 e. The Hall–Kier alpha value is -2.40. The molecule has 2 heteroatoms. The molecule has 0 nitrogen and oxygen atoms in total. The van der Waals surface area contributed by atoms with Crippen molar-refractivity contribution in [2.45, 2.75) is 4.87 Å². The number of hydrogen-bond donors (Lipinski definition) is 0. The van der Waals surface area contributed by atoms with Crippen LogP contribution in [-0.2, 0) is 4.87 Å². The molecular formula is C25H22ClP. The fourth-order valence-corrected chi connectivity index (χ4v) is 3.88. The van der Waals surface area contributed by atoms with Crippen LogP contribution in [0.5, 0.6) is 0 Å². The summed E-state index contributed by atoms with van der Waals surface area (Å²) in [4.78, 5) is -0.755. The molecular weight excluding hydrogens is 367 g/mol. The predicted octanol–water partition coefficient (Wildman–Crippen LogP) is 6.94. The van der Waals surface area contributed by atoms with Gasteiger partial charge in [0.1, 0.15) is 4.87 Å². The van der Waals surface area contributed by atoms with Crippen LogP contribution >= 0.6 is 21.5 Å². The second kappa shape index (κ2) is 8.53. The number of rotatable bonds is 4. The van der Waals surface area contributed by atoms with Gasteiger partial charge in [-0.25, -0.2) is 0 Å². The summed E-state index contributed by atoms with van der Waals surface area (Å²) in [5, 5.41) is 0. The van der Waals surface area contributed by atoms with Crippen molar-refractivity contribution in [3.63, 3.8) is 0 Å². The summed E-state index contributed by atoms with van der Waals surface area (Å²) >= 11 is 7.47. The molecule has 0 aromatic heterocycles. The van der Waals surface area contributed by atoms with Gasteiger partial charge in [-0.2, -0.15) is 9.90 Å². The van der Waals surface area contributed by atoms with Crippen molar-refractivity contribution in [1.29, 1.82) is 0 Å². The third kappa shape index (κ3) is 3.69. The first-order valence-corrected chi connectivity index (χ1v) is 9.13. The summed E-state index contributed by atoms with van der Waals surface area (Å²) in [6.07, 6.45) is 0. The number of halogens is 1. The van der Waals surface area contributed by atoms with Gasteiger partial charge in [0.15, 0.2) is 0 Å².